The van der Waals surface area contributed by atoms with Crippen LogP contribution in [-0.4, -0.2) is 5.24 Å². The summed E-state index contributed by atoms with van der Waals surface area (Å²) in [6, 6.07) is 0. The van der Waals surface area contributed by atoms with Gasteiger partial charge in [-0.05, 0) is 63.0 Å². The fourth-order valence-corrected chi connectivity index (χ4v) is 2.88. The van der Waals surface area contributed by atoms with Crippen LogP contribution in [-0.2, 0) is 4.79 Å². The van der Waals surface area contributed by atoms with Gasteiger partial charge in [0.2, 0.25) is 5.24 Å². The Kier molecular flexibility index (Phi) is 20.0. The number of unbranched alkanes of at least 4 members (excludes halogenated alkanes) is 12. The molecule has 0 saturated carbocycles. The van der Waals surface area contributed by atoms with Crippen molar-refractivity contribution in [2.24, 2.45) is 0 Å². The first kappa shape index (κ1) is 23.4. The van der Waals surface area contributed by atoms with Crippen molar-refractivity contribution in [3.63, 3.8) is 0 Å². The Morgan fingerprint density at radius 3 is 1.42 bits per heavy atom. The first-order chi connectivity index (χ1) is 11.8. The fourth-order valence-electron chi connectivity index (χ4n) is 2.75. The van der Waals surface area contributed by atoms with E-state index in [1.165, 1.54) is 83.5 Å². The molecule has 0 unspecified atom stereocenters. The highest BCUT2D eigenvalue weighted by Gasteiger charge is 1.93. The van der Waals surface area contributed by atoms with E-state index in [1.54, 1.807) is 0 Å². The van der Waals surface area contributed by atoms with Crippen molar-refractivity contribution in [2.75, 3.05) is 0 Å². The maximum absolute atomic E-state index is 10.6. The monoisotopic (exact) mass is 354 g/mol. The molecule has 2 heteroatoms. The normalized spacial score (nSPS) is 11.8. The number of hydrogen-bond acceptors (Lipinski definition) is 1. The molecule has 1 nitrogen and oxygen atoms in total. The zero-order valence-electron chi connectivity index (χ0n) is 15.9. The lowest BCUT2D eigenvalue weighted by molar-refractivity contribution is -0.111. The summed E-state index contributed by atoms with van der Waals surface area (Å²) >= 11 is 5.29. The molecular weight excluding hydrogens is 316 g/mol. The van der Waals surface area contributed by atoms with Crippen LogP contribution in [0.3, 0.4) is 0 Å². The van der Waals surface area contributed by atoms with E-state index in [0.717, 1.165) is 12.8 Å². The molecule has 0 spiro atoms. The van der Waals surface area contributed by atoms with Gasteiger partial charge in [-0.15, -0.1) is 0 Å². The maximum Gasteiger partial charge on any atom is 0.221 e. The minimum Gasteiger partial charge on any atom is -0.281 e. The van der Waals surface area contributed by atoms with Gasteiger partial charge in [-0.25, -0.2) is 0 Å². The zero-order chi connectivity index (χ0) is 17.7. The van der Waals surface area contributed by atoms with Gasteiger partial charge in [-0.2, -0.15) is 0 Å². The van der Waals surface area contributed by atoms with Crippen LogP contribution in [0.2, 0.25) is 0 Å². The van der Waals surface area contributed by atoms with Crippen molar-refractivity contribution >= 4 is 16.8 Å². The van der Waals surface area contributed by atoms with Crippen LogP contribution in [0.15, 0.2) is 24.3 Å². The Labute approximate surface area is 155 Å². The molecule has 0 aliphatic heterocycles. The molecule has 140 valence electrons. The van der Waals surface area contributed by atoms with E-state index < -0.39 is 0 Å². The van der Waals surface area contributed by atoms with Gasteiger partial charge in [-0.3, -0.25) is 4.79 Å². The van der Waals surface area contributed by atoms with Crippen molar-refractivity contribution in [3.8, 4) is 0 Å². The van der Waals surface area contributed by atoms with E-state index >= 15 is 0 Å². The van der Waals surface area contributed by atoms with Gasteiger partial charge < -0.3 is 0 Å². The third-order valence-corrected chi connectivity index (χ3v) is 4.48. The minimum absolute atomic E-state index is 0.218. The molecule has 0 N–H and O–H groups in total. The van der Waals surface area contributed by atoms with Crippen LogP contribution < -0.4 is 0 Å². The summed E-state index contributed by atoms with van der Waals surface area (Å²) in [6.45, 7) is 2.27. The van der Waals surface area contributed by atoms with Crippen molar-refractivity contribution in [2.45, 2.75) is 110 Å². The lowest BCUT2D eigenvalue weighted by Gasteiger charge is -1.98. The predicted octanol–water partition coefficient (Wildman–Crippen LogP) is 8.13. The summed E-state index contributed by atoms with van der Waals surface area (Å²) < 4.78 is 0. The Morgan fingerprint density at radius 2 is 1.00 bits per heavy atom. The van der Waals surface area contributed by atoms with E-state index in [-0.39, 0.29) is 5.24 Å². The molecule has 0 aromatic heterocycles. The van der Waals surface area contributed by atoms with Gasteiger partial charge in [0.25, 0.3) is 0 Å². The molecule has 0 aromatic rings. The number of carbonyl (C=O) groups is 1. The van der Waals surface area contributed by atoms with Crippen LogP contribution in [0.1, 0.15) is 110 Å². The second-order valence-corrected chi connectivity index (χ2v) is 7.16. The van der Waals surface area contributed by atoms with Crippen molar-refractivity contribution in [3.05, 3.63) is 24.3 Å². The van der Waals surface area contributed by atoms with Crippen LogP contribution in [0.5, 0.6) is 0 Å². The number of rotatable bonds is 18. The molecule has 0 aliphatic carbocycles. The molecule has 0 fully saturated rings. The van der Waals surface area contributed by atoms with E-state index in [4.69, 9.17) is 11.6 Å². The first-order valence-electron chi connectivity index (χ1n) is 10.3. The Hall–Kier alpha value is -0.560. The highest BCUT2D eigenvalue weighted by molar-refractivity contribution is 6.63. The average Bonchev–Trinajstić information content (AvgIpc) is 2.56. The largest absolute Gasteiger partial charge is 0.281 e. The van der Waals surface area contributed by atoms with Crippen LogP contribution in [0, 0.1) is 0 Å². The number of allylic oxidation sites excluding steroid dienone is 4. The standard InChI is InChI=1S/C22H39ClO/c1-2-3-4-5-6-7-8-9-10-11-12-13-14-15-16-17-18-19-20-21-22(23)24/h9-10,17-18H,2-8,11-16,19-21H2,1H3. The third-order valence-electron chi connectivity index (χ3n) is 4.29. The van der Waals surface area contributed by atoms with Crippen molar-refractivity contribution in [1.29, 1.82) is 0 Å². The number of hydrogen-bond donors (Lipinski definition) is 0. The second-order valence-electron chi connectivity index (χ2n) is 6.74. The van der Waals surface area contributed by atoms with Gasteiger partial charge in [0.1, 0.15) is 0 Å². The summed E-state index contributed by atoms with van der Waals surface area (Å²) in [5.74, 6) is 0. The van der Waals surface area contributed by atoms with Crippen LogP contribution >= 0.6 is 11.6 Å². The van der Waals surface area contributed by atoms with E-state index in [2.05, 4.69) is 31.2 Å². The van der Waals surface area contributed by atoms with Gasteiger partial charge in [0, 0.05) is 6.42 Å². The third kappa shape index (κ3) is 21.4. The minimum atomic E-state index is -0.218. The SMILES string of the molecule is CCCCCCCCC=CCCCCCCC=CCCCC(=O)Cl. The summed E-state index contributed by atoms with van der Waals surface area (Å²) in [6.07, 6.45) is 28.9. The van der Waals surface area contributed by atoms with Crippen LogP contribution in [0.4, 0.5) is 0 Å². The zero-order valence-corrected chi connectivity index (χ0v) is 16.7. The fraction of sp³-hybridized carbons (Fsp3) is 0.773. The Bertz CT molecular complexity index is 320. The highest BCUT2D eigenvalue weighted by Crippen LogP contribution is 2.09. The van der Waals surface area contributed by atoms with Gasteiger partial charge >= 0.3 is 0 Å². The molecule has 0 aliphatic rings. The Morgan fingerprint density at radius 1 is 0.625 bits per heavy atom. The highest BCUT2D eigenvalue weighted by atomic mass is 35.5. The molecule has 0 heterocycles. The van der Waals surface area contributed by atoms with Gasteiger partial charge in [0.15, 0.2) is 0 Å². The molecular formula is C22H39ClO. The predicted molar refractivity (Wildman–Crippen MR) is 109 cm³/mol. The lowest BCUT2D eigenvalue weighted by Crippen LogP contribution is -1.83. The smallest absolute Gasteiger partial charge is 0.221 e. The lowest BCUT2D eigenvalue weighted by atomic mass is 10.1. The van der Waals surface area contributed by atoms with Crippen molar-refractivity contribution < 1.29 is 4.79 Å². The summed E-state index contributed by atoms with van der Waals surface area (Å²) in [7, 11) is 0. The number of halogens is 1. The molecule has 0 rings (SSSR count). The maximum atomic E-state index is 10.6. The molecule has 0 amide bonds. The van der Waals surface area contributed by atoms with Crippen LogP contribution in [0.25, 0.3) is 0 Å². The average molecular weight is 355 g/mol. The van der Waals surface area contributed by atoms with Gasteiger partial charge in [0.05, 0.1) is 0 Å². The quantitative estimate of drug-likeness (QED) is 0.138. The van der Waals surface area contributed by atoms with E-state index in [1.807, 2.05) is 0 Å². The van der Waals surface area contributed by atoms with Crippen molar-refractivity contribution in [1.82, 2.24) is 0 Å². The van der Waals surface area contributed by atoms with E-state index in [9.17, 15) is 4.79 Å². The molecule has 24 heavy (non-hydrogen) atoms. The topological polar surface area (TPSA) is 17.1 Å². The summed E-state index contributed by atoms with van der Waals surface area (Å²) in [5.41, 5.74) is 0. The summed E-state index contributed by atoms with van der Waals surface area (Å²) in [4.78, 5) is 10.6. The Balaban J connectivity index is 3.15. The van der Waals surface area contributed by atoms with Gasteiger partial charge in [-0.1, -0.05) is 76.2 Å². The number of carbonyl (C=O) groups excluding carboxylic acids is 1. The second kappa shape index (κ2) is 20.5. The summed E-state index contributed by atoms with van der Waals surface area (Å²) in [5, 5.41) is -0.218. The molecule has 0 aromatic carbocycles. The van der Waals surface area contributed by atoms with E-state index in [0.29, 0.717) is 6.42 Å². The molecule has 0 saturated heterocycles. The molecule has 0 bridgehead atoms. The molecule has 0 atom stereocenters. The molecule has 0 radical (unpaired) electrons. The first-order valence-corrected chi connectivity index (χ1v) is 10.6.